The third-order valence-corrected chi connectivity index (χ3v) is 4.23. The standard InChI is InChI=1S/C14H26O7S/c1-4-7-8-11(5-2)10-21-13(15)9-12(22(17,18)19)14(16)20-6-3/h11-12H,4-10H2,1-3H3,(H,17,18,19)/i3D3,6D2. The maximum atomic E-state index is 11.9. The average molecular weight is 343 g/mol. The third-order valence-electron chi connectivity index (χ3n) is 3.15. The van der Waals surface area contributed by atoms with Gasteiger partial charge in [0, 0.05) is 4.11 Å². The molecule has 0 aliphatic rings. The van der Waals surface area contributed by atoms with Crippen molar-refractivity contribution in [3.63, 3.8) is 0 Å². The van der Waals surface area contributed by atoms with Crippen LogP contribution in [0.25, 0.3) is 0 Å². The second-order valence-corrected chi connectivity index (χ2v) is 6.43. The van der Waals surface area contributed by atoms with Gasteiger partial charge in [-0.1, -0.05) is 33.1 Å². The van der Waals surface area contributed by atoms with Crippen molar-refractivity contribution in [2.24, 2.45) is 5.92 Å². The third kappa shape index (κ3) is 8.33. The Morgan fingerprint density at radius 2 is 2.00 bits per heavy atom. The van der Waals surface area contributed by atoms with Crippen LogP contribution in [0, 0.1) is 5.92 Å². The summed E-state index contributed by atoms with van der Waals surface area (Å²) in [7, 11) is -5.16. The van der Waals surface area contributed by atoms with Gasteiger partial charge in [-0.25, -0.2) is 0 Å². The molecule has 0 rings (SSSR count). The fourth-order valence-electron chi connectivity index (χ4n) is 1.75. The summed E-state index contributed by atoms with van der Waals surface area (Å²) in [6.07, 6.45) is 2.25. The summed E-state index contributed by atoms with van der Waals surface area (Å²) in [6, 6.07) is 0. The quantitative estimate of drug-likeness (QED) is 0.451. The lowest BCUT2D eigenvalue weighted by atomic mass is 10.0. The van der Waals surface area contributed by atoms with E-state index in [1.165, 1.54) is 0 Å². The van der Waals surface area contributed by atoms with Crippen LogP contribution >= 0.6 is 0 Å². The van der Waals surface area contributed by atoms with Crippen molar-refractivity contribution in [2.75, 3.05) is 13.2 Å². The Morgan fingerprint density at radius 1 is 1.32 bits per heavy atom. The van der Waals surface area contributed by atoms with E-state index in [9.17, 15) is 18.0 Å². The molecule has 0 amide bonds. The largest absolute Gasteiger partial charge is 0.465 e. The first-order valence-corrected chi connectivity index (χ1v) is 8.50. The van der Waals surface area contributed by atoms with E-state index in [4.69, 9.17) is 16.1 Å². The highest BCUT2D eigenvalue weighted by atomic mass is 32.2. The summed E-state index contributed by atoms with van der Waals surface area (Å²) in [4.78, 5) is 23.7. The Hall–Kier alpha value is -1.15. The topological polar surface area (TPSA) is 107 Å². The molecule has 0 saturated heterocycles. The van der Waals surface area contributed by atoms with Gasteiger partial charge in [0.2, 0.25) is 0 Å². The zero-order chi connectivity index (χ0) is 21.5. The smallest absolute Gasteiger partial charge is 0.327 e. The highest BCUT2D eigenvalue weighted by molar-refractivity contribution is 7.87. The van der Waals surface area contributed by atoms with Crippen LogP contribution in [0.15, 0.2) is 0 Å². The zero-order valence-corrected chi connectivity index (χ0v) is 13.5. The lowest BCUT2D eigenvalue weighted by Gasteiger charge is -2.16. The van der Waals surface area contributed by atoms with Gasteiger partial charge in [-0.3, -0.25) is 14.1 Å². The monoisotopic (exact) mass is 343 g/mol. The van der Waals surface area contributed by atoms with Gasteiger partial charge in [0.1, 0.15) is 0 Å². The molecule has 0 heterocycles. The molecule has 0 bridgehead atoms. The molecule has 0 fully saturated rings. The van der Waals surface area contributed by atoms with Crippen molar-refractivity contribution in [3.8, 4) is 0 Å². The molecule has 22 heavy (non-hydrogen) atoms. The number of unbranched alkanes of at least 4 members (excludes halogenated alkanes) is 1. The van der Waals surface area contributed by atoms with Crippen LogP contribution in [0.3, 0.4) is 0 Å². The van der Waals surface area contributed by atoms with E-state index >= 15 is 0 Å². The minimum Gasteiger partial charge on any atom is -0.465 e. The molecule has 0 aliphatic carbocycles. The Kier molecular flexibility index (Phi) is 6.38. The van der Waals surface area contributed by atoms with Crippen molar-refractivity contribution in [1.82, 2.24) is 0 Å². The van der Waals surface area contributed by atoms with Crippen LogP contribution < -0.4 is 0 Å². The fourth-order valence-corrected chi connectivity index (χ4v) is 2.38. The van der Waals surface area contributed by atoms with Crippen molar-refractivity contribution in [1.29, 1.82) is 0 Å². The molecule has 0 saturated carbocycles. The molecule has 0 aromatic carbocycles. The lowest BCUT2D eigenvalue weighted by molar-refractivity contribution is -0.150. The molecule has 0 spiro atoms. The number of rotatable bonds is 11. The van der Waals surface area contributed by atoms with Gasteiger partial charge < -0.3 is 9.47 Å². The van der Waals surface area contributed by atoms with E-state index in [-0.39, 0.29) is 12.5 Å². The van der Waals surface area contributed by atoms with E-state index in [1.54, 1.807) is 0 Å². The molecule has 2 unspecified atom stereocenters. The average Bonchev–Trinajstić information content (AvgIpc) is 2.50. The molecule has 0 aliphatic heterocycles. The van der Waals surface area contributed by atoms with Crippen LogP contribution in [0.2, 0.25) is 0 Å². The molecular weight excluding hydrogens is 312 g/mol. The van der Waals surface area contributed by atoms with E-state index in [0.717, 1.165) is 25.7 Å². The molecule has 0 radical (unpaired) electrons. The van der Waals surface area contributed by atoms with E-state index in [1.807, 2.05) is 13.8 Å². The van der Waals surface area contributed by atoms with Gasteiger partial charge in [0.15, 0.2) is 5.25 Å². The van der Waals surface area contributed by atoms with Crippen LogP contribution in [-0.4, -0.2) is 43.3 Å². The van der Waals surface area contributed by atoms with Gasteiger partial charge in [-0.15, -0.1) is 0 Å². The van der Waals surface area contributed by atoms with Gasteiger partial charge in [0.05, 0.1) is 22.3 Å². The number of carbonyl (C=O) groups excluding carboxylic acids is 2. The predicted octanol–water partition coefficient (Wildman–Crippen LogP) is 1.96. The Balaban J connectivity index is 5.03. The predicted molar refractivity (Wildman–Crippen MR) is 80.9 cm³/mol. The van der Waals surface area contributed by atoms with Crippen molar-refractivity contribution in [2.45, 2.75) is 58.1 Å². The Labute approximate surface area is 139 Å². The molecule has 0 aromatic rings. The van der Waals surface area contributed by atoms with Gasteiger partial charge in [-0.2, -0.15) is 8.42 Å². The van der Waals surface area contributed by atoms with Crippen LogP contribution in [0.5, 0.6) is 0 Å². The first-order valence-electron chi connectivity index (χ1n) is 9.50. The number of hydrogen-bond donors (Lipinski definition) is 1. The summed E-state index contributed by atoms with van der Waals surface area (Å²) >= 11 is 0. The minimum absolute atomic E-state index is 0.00131. The molecule has 130 valence electrons. The van der Waals surface area contributed by atoms with Crippen LogP contribution in [-0.2, 0) is 29.2 Å². The second kappa shape index (κ2) is 10.6. The highest BCUT2D eigenvalue weighted by Gasteiger charge is 2.35. The first-order chi connectivity index (χ1) is 12.2. The SMILES string of the molecule is [2H]C([2H])([2H])C([2H])([2H])OC(=O)C(CC(=O)OCC(CC)CCCC)S(=O)(=O)O. The molecule has 0 aromatic heterocycles. The highest BCUT2D eigenvalue weighted by Crippen LogP contribution is 2.14. The molecule has 2 atom stereocenters. The Morgan fingerprint density at radius 3 is 2.50 bits per heavy atom. The maximum Gasteiger partial charge on any atom is 0.327 e. The summed E-state index contributed by atoms with van der Waals surface area (Å²) < 4.78 is 76.0. The van der Waals surface area contributed by atoms with Gasteiger partial charge >= 0.3 is 11.9 Å². The van der Waals surface area contributed by atoms with Crippen molar-refractivity contribution >= 4 is 22.1 Å². The normalized spacial score (nSPS) is 18.8. The molecule has 8 heteroatoms. The van der Waals surface area contributed by atoms with Gasteiger partial charge in [-0.05, 0) is 19.2 Å². The first kappa shape index (κ1) is 13.3. The molecule has 7 nitrogen and oxygen atoms in total. The number of esters is 2. The summed E-state index contributed by atoms with van der Waals surface area (Å²) in [5.41, 5.74) is 0. The summed E-state index contributed by atoms with van der Waals surface area (Å²) in [5, 5.41) is -2.49. The molecular formula is C14H26O7S. The number of hydrogen-bond acceptors (Lipinski definition) is 6. The van der Waals surface area contributed by atoms with Crippen LogP contribution in [0.4, 0.5) is 0 Å². The summed E-state index contributed by atoms with van der Waals surface area (Å²) in [5.74, 6) is -2.96. The van der Waals surface area contributed by atoms with E-state index in [2.05, 4.69) is 4.74 Å². The second-order valence-electron chi connectivity index (χ2n) is 4.83. The fraction of sp³-hybridized carbons (Fsp3) is 0.857. The van der Waals surface area contributed by atoms with Gasteiger partial charge in [0.25, 0.3) is 10.1 Å². The number of ether oxygens (including phenoxy) is 2. The van der Waals surface area contributed by atoms with Crippen LogP contribution in [0.1, 0.15) is 59.7 Å². The van der Waals surface area contributed by atoms with Crippen molar-refractivity contribution in [3.05, 3.63) is 0 Å². The van der Waals surface area contributed by atoms with Crippen molar-refractivity contribution < 1.29 is 38.9 Å². The molecule has 1 N–H and O–H groups in total. The minimum atomic E-state index is -5.16. The van der Waals surface area contributed by atoms with E-state index in [0.29, 0.717) is 0 Å². The zero-order valence-electron chi connectivity index (χ0n) is 17.7. The number of carbonyl (C=O) groups is 2. The maximum absolute atomic E-state index is 11.9. The van der Waals surface area contributed by atoms with E-state index < -0.39 is 47.1 Å². The lowest BCUT2D eigenvalue weighted by Crippen LogP contribution is -2.34. The summed E-state index contributed by atoms with van der Waals surface area (Å²) in [6.45, 7) is -2.99. The Bertz CT molecular complexity index is 603.